The zero-order valence-corrected chi connectivity index (χ0v) is 31.6. The lowest BCUT2D eigenvalue weighted by Gasteiger charge is -2.14. The summed E-state index contributed by atoms with van der Waals surface area (Å²) in [6, 6.07) is 68.0. The van der Waals surface area contributed by atoms with Crippen molar-refractivity contribution >= 4 is 103 Å². The van der Waals surface area contributed by atoms with Gasteiger partial charge in [-0.2, -0.15) is 0 Å². The SMILES string of the molecule is c1ccc(-c2nc(-n3c4cccc5c6cccc7c8ccccc8n(c67)c6c(c54)c3cc3c4ccccc4n(-c4ccccc4)c36)nc3ccc4ccccc4c23)cc1. The van der Waals surface area contributed by atoms with Crippen molar-refractivity contribution in [3.63, 3.8) is 0 Å². The lowest BCUT2D eigenvalue weighted by Crippen LogP contribution is -2.04. The predicted molar refractivity (Wildman–Crippen MR) is 246 cm³/mol. The molecule has 0 unspecified atom stereocenters. The Morgan fingerprint density at radius 1 is 0.339 bits per heavy atom. The normalized spacial score (nSPS) is 12.4. The van der Waals surface area contributed by atoms with E-state index in [2.05, 4.69) is 202 Å². The van der Waals surface area contributed by atoms with Gasteiger partial charge >= 0.3 is 0 Å². The molecule has 0 aliphatic carbocycles. The van der Waals surface area contributed by atoms with Gasteiger partial charge in [-0.3, -0.25) is 4.57 Å². The number of aromatic nitrogens is 5. The minimum atomic E-state index is 0.650. The summed E-state index contributed by atoms with van der Waals surface area (Å²) in [4.78, 5) is 11.1. The quantitative estimate of drug-likeness (QED) is 0.169. The second kappa shape index (κ2) is 11.3. The highest BCUT2D eigenvalue weighted by Gasteiger charge is 2.28. The second-order valence-corrected chi connectivity index (χ2v) is 15.7. The summed E-state index contributed by atoms with van der Waals surface area (Å²) in [5.41, 5.74) is 12.1. The fourth-order valence-corrected chi connectivity index (χ4v) is 10.4. The molecule has 14 aromatic rings. The van der Waals surface area contributed by atoms with Crippen LogP contribution in [0.1, 0.15) is 0 Å². The summed E-state index contributed by atoms with van der Waals surface area (Å²) in [5.74, 6) is 0.650. The van der Waals surface area contributed by atoms with Gasteiger partial charge in [0.05, 0.1) is 49.8 Å². The van der Waals surface area contributed by atoms with Crippen LogP contribution in [0.4, 0.5) is 0 Å². The first-order valence-electron chi connectivity index (χ1n) is 20.2. The summed E-state index contributed by atoms with van der Waals surface area (Å²) in [7, 11) is 0. The maximum absolute atomic E-state index is 5.63. The van der Waals surface area contributed by atoms with Gasteiger partial charge in [0, 0.05) is 54.3 Å². The first-order valence-corrected chi connectivity index (χ1v) is 20.2. The van der Waals surface area contributed by atoms with E-state index in [1.165, 1.54) is 76.1 Å². The van der Waals surface area contributed by atoms with E-state index in [4.69, 9.17) is 9.97 Å². The molecule has 0 atom stereocenters. The highest BCUT2D eigenvalue weighted by Crippen LogP contribution is 2.48. The molecule has 0 fully saturated rings. The largest absolute Gasteiger partial charge is 0.307 e. The fourth-order valence-electron chi connectivity index (χ4n) is 10.4. The highest BCUT2D eigenvalue weighted by molar-refractivity contribution is 6.36. The van der Waals surface area contributed by atoms with Crippen molar-refractivity contribution in [1.29, 1.82) is 0 Å². The van der Waals surface area contributed by atoms with E-state index in [1.807, 2.05) is 0 Å². The molecule has 0 aliphatic rings. The second-order valence-electron chi connectivity index (χ2n) is 15.7. The Balaban J connectivity index is 1.28. The van der Waals surface area contributed by atoms with Crippen LogP contribution in [-0.2, 0) is 0 Å². The van der Waals surface area contributed by atoms with Crippen LogP contribution < -0.4 is 0 Å². The van der Waals surface area contributed by atoms with Crippen LogP contribution in [0.3, 0.4) is 0 Å². The number of hydrogen-bond donors (Lipinski definition) is 0. The van der Waals surface area contributed by atoms with E-state index in [0.29, 0.717) is 5.95 Å². The first-order chi connectivity index (χ1) is 29.3. The third kappa shape index (κ3) is 3.98. The van der Waals surface area contributed by atoms with E-state index in [-0.39, 0.29) is 0 Å². The molecule has 5 heterocycles. The number of rotatable bonds is 3. The van der Waals surface area contributed by atoms with Gasteiger partial charge in [-0.1, -0.05) is 146 Å². The average Bonchev–Trinajstić information content (AvgIpc) is 3.91. The van der Waals surface area contributed by atoms with Gasteiger partial charge in [-0.25, -0.2) is 9.97 Å². The van der Waals surface area contributed by atoms with Gasteiger partial charge in [0.25, 0.3) is 0 Å². The van der Waals surface area contributed by atoms with Crippen LogP contribution in [-0.4, -0.2) is 23.5 Å². The standard InChI is InChI=1S/C54H31N5/c1-3-16-33(17-4-1)50-47-35-20-8-7-15-32(35)29-30-42(47)55-54(56-50)58-45-28-14-23-38-40-25-13-24-39-36-21-9-12-27-44(36)59(51(39)40)53-49(48(38)45)46(58)31-41-37-22-10-11-26-43(37)57(52(41)53)34-18-5-2-6-19-34/h1-31H. The van der Waals surface area contributed by atoms with Crippen molar-refractivity contribution in [2.45, 2.75) is 0 Å². The molecular formula is C54H31N5. The zero-order chi connectivity index (χ0) is 38.3. The van der Waals surface area contributed by atoms with Gasteiger partial charge in [0.2, 0.25) is 5.95 Å². The minimum Gasteiger partial charge on any atom is -0.307 e. The molecule has 5 nitrogen and oxygen atoms in total. The smallest absolute Gasteiger partial charge is 0.235 e. The molecule has 5 heteroatoms. The number of benzene rings is 9. The first kappa shape index (κ1) is 31.1. The Bertz CT molecular complexity index is 4060. The zero-order valence-electron chi connectivity index (χ0n) is 31.6. The van der Waals surface area contributed by atoms with Crippen LogP contribution in [0.25, 0.3) is 126 Å². The van der Waals surface area contributed by atoms with Gasteiger partial charge < -0.3 is 8.97 Å². The third-order valence-corrected chi connectivity index (χ3v) is 12.7. The highest BCUT2D eigenvalue weighted by atomic mass is 15.2. The van der Waals surface area contributed by atoms with E-state index >= 15 is 0 Å². The molecule has 272 valence electrons. The van der Waals surface area contributed by atoms with Crippen LogP contribution in [0.15, 0.2) is 188 Å². The fraction of sp³-hybridized carbons (Fsp3) is 0. The molecule has 0 saturated carbocycles. The number of nitrogens with zero attached hydrogens (tertiary/aromatic N) is 5. The Morgan fingerprint density at radius 2 is 0.966 bits per heavy atom. The van der Waals surface area contributed by atoms with Crippen molar-refractivity contribution < 1.29 is 0 Å². The molecule has 0 N–H and O–H groups in total. The molecule has 0 spiro atoms. The summed E-state index contributed by atoms with van der Waals surface area (Å²) in [6.07, 6.45) is 0. The topological polar surface area (TPSA) is 40.0 Å². The molecule has 9 aromatic carbocycles. The summed E-state index contributed by atoms with van der Waals surface area (Å²) in [6.45, 7) is 0. The molecule has 0 aliphatic heterocycles. The maximum atomic E-state index is 5.63. The van der Waals surface area contributed by atoms with Gasteiger partial charge in [-0.15, -0.1) is 0 Å². The molecule has 0 bridgehead atoms. The van der Waals surface area contributed by atoms with E-state index < -0.39 is 0 Å². The van der Waals surface area contributed by atoms with E-state index in [0.717, 1.165) is 44.3 Å². The van der Waals surface area contributed by atoms with Gasteiger partial charge in [0.15, 0.2) is 0 Å². The molecule has 0 amide bonds. The summed E-state index contributed by atoms with van der Waals surface area (Å²) in [5, 5.41) is 13.0. The van der Waals surface area contributed by atoms with Gasteiger partial charge in [0.1, 0.15) is 0 Å². The maximum Gasteiger partial charge on any atom is 0.235 e. The molecular weight excluding hydrogens is 719 g/mol. The molecule has 5 aromatic heterocycles. The minimum absolute atomic E-state index is 0.650. The lowest BCUT2D eigenvalue weighted by atomic mass is 10.0. The van der Waals surface area contributed by atoms with Gasteiger partial charge in [-0.05, 0) is 58.6 Å². The van der Waals surface area contributed by atoms with Crippen molar-refractivity contribution in [2.24, 2.45) is 0 Å². The van der Waals surface area contributed by atoms with Crippen molar-refractivity contribution in [2.75, 3.05) is 0 Å². The monoisotopic (exact) mass is 749 g/mol. The Labute approximate surface area is 336 Å². The van der Waals surface area contributed by atoms with Crippen LogP contribution in [0.2, 0.25) is 0 Å². The Hall–Kier alpha value is -8.02. The predicted octanol–water partition coefficient (Wildman–Crippen LogP) is 13.8. The third-order valence-electron chi connectivity index (χ3n) is 12.7. The summed E-state index contributed by atoms with van der Waals surface area (Å²) < 4.78 is 7.38. The number of para-hydroxylation sites is 4. The molecule has 59 heavy (non-hydrogen) atoms. The molecule has 14 rings (SSSR count). The van der Waals surface area contributed by atoms with Crippen LogP contribution in [0.5, 0.6) is 0 Å². The summed E-state index contributed by atoms with van der Waals surface area (Å²) >= 11 is 0. The Kier molecular flexibility index (Phi) is 5.96. The molecule has 0 radical (unpaired) electrons. The average molecular weight is 750 g/mol. The number of hydrogen-bond acceptors (Lipinski definition) is 2. The number of fused-ring (bicyclic) bond motifs is 12. The van der Waals surface area contributed by atoms with Crippen molar-refractivity contribution in [3.8, 4) is 22.9 Å². The Morgan fingerprint density at radius 3 is 1.80 bits per heavy atom. The van der Waals surface area contributed by atoms with Crippen molar-refractivity contribution in [3.05, 3.63) is 188 Å². The van der Waals surface area contributed by atoms with E-state index in [1.54, 1.807) is 0 Å². The van der Waals surface area contributed by atoms with Crippen LogP contribution in [0, 0.1) is 0 Å². The lowest BCUT2D eigenvalue weighted by molar-refractivity contribution is 1.02. The molecule has 0 saturated heterocycles. The van der Waals surface area contributed by atoms with Crippen LogP contribution >= 0.6 is 0 Å². The van der Waals surface area contributed by atoms with Crippen molar-refractivity contribution in [1.82, 2.24) is 23.5 Å². The van der Waals surface area contributed by atoms with E-state index in [9.17, 15) is 0 Å².